The molecule has 2 atom stereocenters. The minimum absolute atomic E-state index is 0.121. The fourth-order valence-corrected chi connectivity index (χ4v) is 8.39. The molecular weight excluding hydrogens is 398 g/mol. The lowest BCUT2D eigenvalue weighted by molar-refractivity contribution is 0.411. The quantitative estimate of drug-likeness (QED) is 0.765. The van der Waals surface area contributed by atoms with Gasteiger partial charge in [0.05, 0.1) is 28.8 Å². The number of hydrogen-bond acceptors (Lipinski definition) is 6. The van der Waals surface area contributed by atoms with Gasteiger partial charge in [-0.2, -0.15) is 0 Å². The van der Waals surface area contributed by atoms with Gasteiger partial charge in [-0.15, -0.1) is 0 Å². The van der Waals surface area contributed by atoms with E-state index in [2.05, 4.69) is 5.32 Å². The van der Waals surface area contributed by atoms with E-state index in [1.165, 1.54) is 19.2 Å². The van der Waals surface area contributed by atoms with Gasteiger partial charge in [0.15, 0.2) is 19.7 Å². The van der Waals surface area contributed by atoms with E-state index in [1.807, 2.05) is 31.2 Å². The van der Waals surface area contributed by atoms with Gasteiger partial charge in [-0.05, 0) is 43.2 Å². The van der Waals surface area contributed by atoms with Gasteiger partial charge in [0.2, 0.25) is 0 Å². The molecule has 1 saturated heterocycles. The van der Waals surface area contributed by atoms with E-state index in [0.717, 1.165) is 11.1 Å². The van der Waals surface area contributed by atoms with Gasteiger partial charge >= 0.3 is 0 Å². The standard InChI is InChI=1S/C20H25NO5S2/c1-14-5-4-6-16(9-14)11-21-18-12-27(22,23)13-20(18)28(24,25)17-7-8-19(26-3)15(2)10-17/h4-10,18,20-21H,11-13H2,1-3H3/t18-,20-/m0/s1. The van der Waals surface area contributed by atoms with Crippen LogP contribution >= 0.6 is 0 Å². The smallest absolute Gasteiger partial charge is 0.183 e. The molecule has 0 bridgehead atoms. The summed E-state index contributed by atoms with van der Waals surface area (Å²) < 4.78 is 56.1. The maximum absolute atomic E-state index is 13.2. The summed E-state index contributed by atoms with van der Waals surface area (Å²) in [6.45, 7) is 4.15. The maximum Gasteiger partial charge on any atom is 0.183 e. The van der Waals surface area contributed by atoms with Crippen LogP contribution in [0, 0.1) is 13.8 Å². The zero-order valence-corrected chi connectivity index (χ0v) is 17.8. The van der Waals surface area contributed by atoms with Crippen LogP contribution in [-0.2, 0) is 26.2 Å². The molecule has 1 fully saturated rings. The SMILES string of the molecule is COc1ccc(S(=O)(=O)[C@H]2CS(=O)(=O)C[C@@H]2NCc2cccc(C)c2)cc1C. The van der Waals surface area contributed by atoms with Crippen LogP contribution in [-0.4, -0.2) is 46.7 Å². The Labute approximate surface area is 166 Å². The number of methoxy groups -OCH3 is 1. The third kappa shape index (κ3) is 4.39. The molecule has 0 saturated carbocycles. The van der Waals surface area contributed by atoms with Crippen molar-refractivity contribution in [1.29, 1.82) is 0 Å². The first-order chi connectivity index (χ1) is 13.1. The highest BCUT2D eigenvalue weighted by Gasteiger charge is 2.45. The van der Waals surface area contributed by atoms with Crippen LogP contribution in [0.25, 0.3) is 0 Å². The fourth-order valence-electron chi connectivity index (χ4n) is 3.59. The van der Waals surface area contributed by atoms with Crippen molar-refractivity contribution in [2.24, 2.45) is 0 Å². The molecule has 152 valence electrons. The second-order valence-electron chi connectivity index (χ2n) is 7.27. The summed E-state index contributed by atoms with van der Waals surface area (Å²) in [6, 6.07) is 11.8. The van der Waals surface area contributed by atoms with Crippen molar-refractivity contribution in [3.63, 3.8) is 0 Å². The lowest BCUT2D eigenvalue weighted by atomic mass is 10.1. The van der Waals surface area contributed by atoms with E-state index in [-0.39, 0.29) is 16.4 Å². The van der Waals surface area contributed by atoms with E-state index >= 15 is 0 Å². The van der Waals surface area contributed by atoms with Crippen LogP contribution in [0.1, 0.15) is 16.7 Å². The summed E-state index contributed by atoms with van der Waals surface area (Å²) >= 11 is 0. The van der Waals surface area contributed by atoms with Crippen molar-refractivity contribution in [2.45, 2.75) is 36.6 Å². The highest BCUT2D eigenvalue weighted by molar-refractivity contribution is 7.96. The van der Waals surface area contributed by atoms with Crippen LogP contribution < -0.4 is 10.1 Å². The molecule has 0 amide bonds. The molecule has 28 heavy (non-hydrogen) atoms. The molecule has 3 rings (SSSR count). The summed E-state index contributed by atoms with van der Waals surface area (Å²) in [5.74, 6) is 0.0381. The highest BCUT2D eigenvalue weighted by atomic mass is 32.2. The number of ether oxygens (including phenoxy) is 1. The van der Waals surface area contributed by atoms with E-state index in [4.69, 9.17) is 4.74 Å². The molecule has 2 aromatic carbocycles. The number of nitrogens with one attached hydrogen (secondary N) is 1. The second-order valence-corrected chi connectivity index (χ2v) is 11.6. The van der Waals surface area contributed by atoms with Crippen LogP contribution in [0.4, 0.5) is 0 Å². The molecule has 6 nitrogen and oxygen atoms in total. The Hall–Kier alpha value is -1.90. The Morgan fingerprint density at radius 3 is 2.50 bits per heavy atom. The average molecular weight is 424 g/mol. The Kier molecular flexibility index (Phi) is 5.84. The lowest BCUT2D eigenvalue weighted by Crippen LogP contribution is -2.43. The number of sulfone groups is 2. The summed E-state index contributed by atoms with van der Waals surface area (Å²) in [6.07, 6.45) is 0. The average Bonchev–Trinajstić information content (AvgIpc) is 2.95. The summed E-state index contributed by atoms with van der Waals surface area (Å²) in [5.41, 5.74) is 2.77. The summed E-state index contributed by atoms with van der Waals surface area (Å²) in [5, 5.41) is 2.14. The molecule has 1 N–H and O–H groups in total. The molecule has 2 aromatic rings. The lowest BCUT2D eigenvalue weighted by Gasteiger charge is -2.20. The largest absolute Gasteiger partial charge is 0.496 e. The minimum atomic E-state index is -3.82. The second kappa shape index (κ2) is 7.85. The van der Waals surface area contributed by atoms with Crippen LogP contribution in [0.2, 0.25) is 0 Å². The molecule has 0 unspecified atom stereocenters. The normalized spacial score (nSPS) is 21.5. The molecule has 1 aliphatic rings. The molecule has 0 aliphatic carbocycles. The Balaban J connectivity index is 1.87. The Morgan fingerprint density at radius 2 is 1.86 bits per heavy atom. The number of rotatable bonds is 6. The predicted octanol–water partition coefficient (Wildman–Crippen LogP) is 2.04. The van der Waals surface area contributed by atoms with Crippen molar-refractivity contribution in [1.82, 2.24) is 5.32 Å². The minimum Gasteiger partial charge on any atom is -0.496 e. The Morgan fingerprint density at radius 1 is 1.11 bits per heavy atom. The fraction of sp³-hybridized carbons (Fsp3) is 0.400. The first-order valence-corrected chi connectivity index (χ1v) is 12.4. The molecule has 1 aliphatic heterocycles. The van der Waals surface area contributed by atoms with Crippen molar-refractivity contribution >= 4 is 19.7 Å². The topological polar surface area (TPSA) is 89.5 Å². The van der Waals surface area contributed by atoms with Crippen LogP contribution in [0.15, 0.2) is 47.4 Å². The van der Waals surface area contributed by atoms with E-state index in [1.54, 1.807) is 13.0 Å². The first-order valence-electron chi connectivity index (χ1n) is 9.00. The van der Waals surface area contributed by atoms with Gasteiger partial charge in [0.1, 0.15) is 5.75 Å². The van der Waals surface area contributed by atoms with Crippen molar-refractivity contribution in [3.05, 3.63) is 59.2 Å². The van der Waals surface area contributed by atoms with Gasteiger partial charge < -0.3 is 10.1 Å². The highest BCUT2D eigenvalue weighted by Crippen LogP contribution is 2.29. The summed E-state index contributed by atoms with van der Waals surface area (Å²) in [4.78, 5) is 0.121. The van der Waals surface area contributed by atoms with Crippen LogP contribution in [0.5, 0.6) is 5.75 Å². The van der Waals surface area contributed by atoms with Crippen LogP contribution in [0.3, 0.4) is 0 Å². The van der Waals surface area contributed by atoms with Gasteiger partial charge in [-0.25, -0.2) is 16.8 Å². The third-order valence-electron chi connectivity index (χ3n) is 5.04. The molecular formula is C20H25NO5S2. The molecule has 0 aromatic heterocycles. The van der Waals surface area contributed by atoms with Gasteiger partial charge in [0.25, 0.3) is 0 Å². The monoisotopic (exact) mass is 423 g/mol. The van der Waals surface area contributed by atoms with Gasteiger partial charge in [-0.3, -0.25) is 0 Å². The van der Waals surface area contributed by atoms with E-state index < -0.39 is 31.0 Å². The first kappa shape index (κ1) is 20.8. The molecule has 1 heterocycles. The number of benzene rings is 2. The molecule has 0 radical (unpaired) electrons. The predicted molar refractivity (Wildman–Crippen MR) is 109 cm³/mol. The van der Waals surface area contributed by atoms with Gasteiger partial charge in [0, 0.05) is 12.6 Å². The number of hydrogen-bond donors (Lipinski definition) is 1. The van der Waals surface area contributed by atoms with Crippen molar-refractivity contribution in [2.75, 3.05) is 18.6 Å². The van der Waals surface area contributed by atoms with Crippen molar-refractivity contribution < 1.29 is 21.6 Å². The summed E-state index contributed by atoms with van der Waals surface area (Å²) in [7, 11) is -5.73. The van der Waals surface area contributed by atoms with E-state index in [9.17, 15) is 16.8 Å². The third-order valence-corrected chi connectivity index (χ3v) is 9.19. The zero-order chi connectivity index (χ0) is 20.5. The van der Waals surface area contributed by atoms with Crippen molar-refractivity contribution in [3.8, 4) is 5.75 Å². The molecule has 8 heteroatoms. The van der Waals surface area contributed by atoms with E-state index in [0.29, 0.717) is 17.9 Å². The number of aryl methyl sites for hydroxylation is 2. The Bertz CT molecular complexity index is 1080. The molecule has 0 spiro atoms. The zero-order valence-electron chi connectivity index (χ0n) is 16.2. The maximum atomic E-state index is 13.2. The van der Waals surface area contributed by atoms with Gasteiger partial charge in [-0.1, -0.05) is 29.8 Å².